The number of aromatic nitrogens is 2. The lowest BCUT2D eigenvalue weighted by molar-refractivity contribution is -0.146. The maximum atomic E-state index is 11.8. The average molecular weight is 328 g/mol. The molecule has 0 aliphatic rings. The van der Waals surface area contributed by atoms with E-state index in [-0.39, 0.29) is 5.97 Å². The second-order valence-electron chi connectivity index (χ2n) is 5.01. The van der Waals surface area contributed by atoms with Gasteiger partial charge in [-0.25, -0.2) is 4.98 Å². The first kappa shape index (κ1) is 19.1. The number of rotatable bonds is 10. The van der Waals surface area contributed by atoms with E-state index in [1.807, 2.05) is 0 Å². The molecule has 1 heterocycles. The SMILES string of the molecule is COC(=O)[C@H](Cc1cnc[nH]1)NCCN[C@H](C(=O)OC)[C@@H](C)O. The Hall–Kier alpha value is -1.97. The number of aromatic amines is 1. The first-order valence-corrected chi connectivity index (χ1v) is 7.27. The van der Waals surface area contributed by atoms with Crippen molar-refractivity contribution in [2.24, 2.45) is 0 Å². The molecule has 0 unspecified atom stereocenters. The number of aliphatic hydroxyl groups is 1. The predicted molar refractivity (Wildman–Crippen MR) is 81.6 cm³/mol. The molecule has 0 spiro atoms. The van der Waals surface area contributed by atoms with E-state index < -0.39 is 24.2 Å². The summed E-state index contributed by atoms with van der Waals surface area (Å²) in [7, 11) is 2.58. The molecule has 9 nitrogen and oxygen atoms in total. The van der Waals surface area contributed by atoms with Gasteiger partial charge in [-0.2, -0.15) is 0 Å². The number of esters is 2. The fourth-order valence-electron chi connectivity index (χ4n) is 2.05. The minimum absolute atomic E-state index is 0.362. The number of carbonyl (C=O) groups is 2. The third kappa shape index (κ3) is 6.35. The van der Waals surface area contributed by atoms with Crippen molar-refractivity contribution in [3.8, 4) is 0 Å². The molecule has 0 aromatic carbocycles. The van der Waals surface area contributed by atoms with Crippen LogP contribution in [0, 0.1) is 0 Å². The summed E-state index contributed by atoms with van der Waals surface area (Å²) >= 11 is 0. The molecule has 1 aromatic heterocycles. The van der Waals surface area contributed by atoms with Gasteiger partial charge in [0, 0.05) is 31.4 Å². The van der Waals surface area contributed by atoms with Gasteiger partial charge in [-0.15, -0.1) is 0 Å². The lowest BCUT2D eigenvalue weighted by atomic mass is 10.1. The smallest absolute Gasteiger partial charge is 0.325 e. The zero-order chi connectivity index (χ0) is 17.2. The lowest BCUT2D eigenvalue weighted by Gasteiger charge is -2.20. The Morgan fingerprint density at radius 1 is 1.26 bits per heavy atom. The van der Waals surface area contributed by atoms with Crippen molar-refractivity contribution in [1.29, 1.82) is 0 Å². The van der Waals surface area contributed by atoms with Crippen LogP contribution < -0.4 is 10.6 Å². The van der Waals surface area contributed by atoms with E-state index in [2.05, 4.69) is 25.3 Å². The van der Waals surface area contributed by atoms with Crippen molar-refractivity contribution in [2.75, 3.05) is 27.3 Å². The molecular formula is C14H24N4O5. The molecule has 1 rings (SSSR count). The maximum Gasteiger partial charge on any atom is 0.325 e. The van der Waals surface area contributed by atoms with Crippen LogP contribution in [-0.2, 0) is 25.5 Å². The Bertz CT molecular complexity index is 478. The first-order chi connectivity index (χ1) is 11.0. The van der Waals surface area contributed by atoms with Crippen LogP contribution >= 0.6 is 0 Å². The van der Waals surface area contributed by atoms with Gasteiger partial charge in [-0.1, -0.05) is 0 Å². The summed E-state index contributed by atoms with van der Waals surface area (Å²) in [5.41, 5.74) is 0.803. The standard InChI is InChI=1S/C14H24N4O5/c1-9(19)12(14(21)23-3)17-5-4-16-11(13(20)22-2)6-10-7-15-8-18-10/h7-9,11-12,16-17,19H,4-6H2,1-3H3,(H,15,18)/t9-,11+,12+/m1/s1. The summed E-state index contributed by atoms with van der Waals surface area (Å²) in [6.45, 7) is 2.26. The van der Waals surface area contributed by atoms with Crippen LogP contribution in [-0.4, -0.2) is 72.5 Å². The van der Waals surface area contributed by atoms with E-state index in [1.54, 1.807) is 6.20 Å². The van der Waals surface area contributed by atoms with Crippen molar-refractivity contribution in [3.63, 3.8) is 0 Å². The van der Waals surface area contributed by atoms with E-state index in [9.17, 15) is 14.7 Å². The highest BCUT2D eigenvalue weighted by Gasteiger charge is 2.24. The molecule has 1 aromatic rings. The Labute approximate surface area is 134 Å². The fourth-order valence-corrected chi connectivity index (χ4v) is 2.05. The van der Waals surface area contributed by atoms with Gasteiger partial charge in [0.25, 0.3) is 0 Å². The Kier molecular flexibility index (Phi) is 8.23. The van der Waals surface area contributed by atoms with Crippen LogP contribution in [0.1, 0.15) is 12.6 Å². The number of hydrogen-bond donors (Lipinski definition) is 4. The second kappa shape index (κ2) is 9.93. The number of hydrogen-bond acceptors (Lipinski definition) is 8. The number of carbonyl (C=O) groups excluding carboxylic acids is 2. The number of ether oxygens (including phenoxy) is 2. The first-order valence-electron chi connectivity index (χ1n) is 7.27. The molecule has 0 saturated carbocycles. The highest BCUT2D eigenvalue weighted by atomic mass is 16.5. The molecule has 3 atom stereocenters. The quantitative estimate of drug-likeness (QED) is 0.305. The van der Waals surface area contributed by atoms with Crippen LogP contribution in [0.3, 0.4) is 0 Å². The Balaban J connectivity index is 2.45. The van der Waals surface area contributed by atoms with Crippen molar-refractivity contribution in [3.05, 3.63) is 18.2 Å². The third-order valence-corrected chi connectivity index (χ3v) is 3.28. The number of H-pyrrole nitrogens is 1. The van der Waals surface area contributed by atoms with E-state index in [0.717, 1.165) is 5.69 Å². The summed E-state index contributed by atoms with van der Waals surface area (Å²) in [4.78, 5) is 30.1. The monoisotopic (exact) mass is 328 g/mol. The van der Waals surface area contributed by atoms with Gasteiger partial charge in [0.15, 0.2) is 0 Å². The predicted octanol–water partition coefficient (Wildman–Crippen LogP) is -1.40. The van der Waals surface area contributed by atoms with Crippen LogP contribution in [0.25, 0.3) is 0 Å². The number of aliphatic hydroxyl groups excluding tert-OH is 1. The van der Waals surface area contributed by atoms with E-state index in [1.165, 1.54) is 27.5 Å². The Morgan fingerprint density at radius 2 is 1.91 bits per heavy atom. The molecule has 0 bridgehead atoms. The van der Waals surface area contributed by atoms with Crippen molar-refractivity contribution in [1.82, 2.24) is 20.6 Å². The summed E-state index contributed by atoms with van der Waals surface area (Å²) in [6.07, 6.45) is 2.69. The molecule has 130 valence electrons. The Morgan fingerprint density at radius 3 is 2.43 bits per heavy atom. The largest absolute Gasteiger partial charge is 0.468 e. The number of imidazole rings is 1. The lowest BCUT2D eigenvalue weighted by Crippen LogP contribution is -2.49. The highest BCUT2D eigenvalue weighted by Crippen LogP contribution is 2.00. The van der Waals surface area contributed by atoms with E-state index in [0.29, 0.717) is 19.5 Å². The minimum Gasteiger partial charge on any atom is -0.468 e. The molecule has 0 saturated heterocycles. The molecular weight excluding hydrogens is 304 g/mol. The van der Waals surface area contributed by atoms with Crippen LogP contribution in [0.4, 0.5) is 0 Å². The fraction of sp³-hybridized carbons (Fsp3) is 0.643. The molecule has 9 heteroatoms. The highest BCUT2D eigenvalue weighted by molar-refractivity contribution is 5.76. The average Bonchev–Trinajstić information content (AvgIpc) is 3.04. The van der Waals surface area contributed by atoms with Crippen LogP contribution in [0.15, 0.2) is 12.5 Å². The van der Waals surface area contributed by atoms with Gasteiger partial charge in [0.2, 0.25) is 0 Å². The second-order valence-corrected chi connectivity index (χ2v) is 5.01. The van der Waals surface area contributed by atoms with Crippen molar-refractivity contribution in [2.45, 2.75) is 31.5 Å². The van der Waals surface area contributed by atoms with Gasteiger partial charge in [0.05, 0.1) is 26.7 Å². The van der Waals surface area contributed by atoms with Gasteiger partial charge in [0.1, 0.15) is 12.1 Å². The summed E-state index contributed by atoms with van der Waals surface area (Å²) in [6, 6.07) is -1.35. The summed E-state index contributed by atoms with van der Waals surface area (Å²) in [5, 5.41) is 15.5. The zero-order valence-corrected chi connectivity index (χ0v) is 13.5. The summed E-state index contributed by atoms with van der Waals surface area (Å²) < 4.78 is 9.37. The molecule has 23 heavy (non-hydrogen) atoms. The van der Waals surface area contributed by atoms with Crippen LogP contribution in [0.2, 0.25) is 0 Å². The van der Waals surface area contributed by atoms with E-state index in [4.69, 9.17) is 4.74 Å². The van der Waals surface area contributed by atoms with Crippen LogP contribution in [0.5, 0.6) is 0 Å². The molecule has 0 aliphatic heterocycles. The number of methoxy groups -OCH3 is 2. The topological polar surface area (TPSA) is 126 Å². The molecule has 0 aliphatic carbocycles. The van der Waals surface area contributed by atoms with Gasteiger partial charge >= 0.3 is 11.9 Å². The van der Waals surface area contributed by atoms with E-state index >= 15 is 0 Å². The third-order valence-electron chi connectivity index (χ3n) is 3.28. The normalized spacial score (nSPS) is 14.8. The summed E-state index contributed by atoms with van der Waals surface area (Å²) in [5.74, 6) is -0.929. The minimum atomic E-state index is -0.885. The zero-order valence-electron chi connectivity index (χ0n) is 13.5. The number of nitrogens with zero attached hydrogens (tertiary/aromatic N) is 1. The molecule has 0 fully saturated rings. The van der Waals surface area contributed by atoms with Gasteiger partial charge in [-0.3, -0.25) is 9.59 Å². The maximum absolute atomic E-state index is 11.8. The molecule has 0 amide bonds. The van der Waals surface area contributed by atoms with Gasteiger partial charge in [-0.05, 0) is 6.92 Å². The molecule has 0 radical (unpaired) electrons. The number of nitrogens with one attached hydrogen (secondary N) is 3. The van der Waals surface area contributed by atoms with Crippen molar-refractivity contribution >= 4 is 11.9 Å². The van der Waals surface area contributed by atoms with Gasteiger partial charge < -0.3 is 30.2 Å². The van der Waals surface area contributed by atoms with Crippen molar-refractivity contribution < 1.29 is 24.2 Å². The molecule has 4 N–H and O–H groups in total.